The zero-order valence-corrected chi connectivity index (χ0v) is 19.0. The van der Waals surface area contributed by atoms with Crippen LogP contribution in [0.3, 0.4) is 0 Å². The molecule has 1 aliphatic carbocycles. The lowest BCUT2D eigenvalue weighted by Gasteiger charge is -2.19. The van der Waals surface area contributed by atoms with Crippen molar-refractivity contribution in [3.63, 3.8) is 0 Å². The summed E-state index contributed by atoms with van der Waals surface area (Å²) in [5, 5.41) is 11.5. The van der Waals surface area contributed by atoms with Gasteiger partial charge in [0.25, 0.3) is 0 Å². The Kier molecular flexibility index (Phi) is 7.91. The summed E-state index contributed by atoms with van der Waals surface area (Å²) in [6.45, 7) is 5.62. The molecule has 0 atom stereocenters. The van der Waals surface area contributed by atoms with Crippen molar-refractivity contribution in [3.05, 3.63) is 46.6 Å². The Morgan fingerprint density at radius 3 is 2.70 bits per heavy atom. The first kappa shape index (κ1) is 21.9. The molecule has 0 bridgehead atoms. The fourth-order valence-corrected chi connectivity index (χ4v) is 3.09. The molecular weight excluding hydrogens is 477 g/mol. The number of benzene rings is 1. The van der Waals surface area contributed by atoms with Gasteiger partial charge in [-0.3, -0.25) is 4.99 Å². The molecule has 0 spiro atoms. The molecule has 2 N–H and O–H groups in total. The van der Waals surface area contributed by atoms with Gasteiger partial charge in [0.05, 0.1) is 0 Å². The quantitative estimate of drug-likeness (QED) is 0.340. The molecule has 0 saturated heterocycles. The molecule has 3 rings (SSSR count). The summed E-state index contributed by atoms with van der Waals surface area (Å²) < 4.78 is 5.26. The summed E-state index contributed by atoms with van der Waals surface area (Å²) in [5.41, 5.74) is 1.46. The Hall–Kier alpha value is -1.35. The molecule has 1 saturated carbocycles. The van der Waals surface area contributed by atoms with Crippen LogP contribution < -0.4 is 10.6 Å². The van der Waals surface area contributed by atoms with Gasteiger partial charge in [-0.15, -0.1) is 24.0 Å². The van der Waals surface area contributed by atoms with Gasteiger partial charge in [0.1, 0.15) is 0 Å². The van der Waals surface area contributed by atoms with Crippen molar-refractivity contribution in [2.24, 2.45) is 4.99 Å². The fraction of sp³-hybridized carbons (Fsp3) is 0.526. The molecule has 2 aromatic rings. The molecule has 0 aliphatic heterocycles. The van der Waals surface area contributed by atoms with Crippen LogP contribution in [0.4, 0.5) is 0 Å². The van der Waals surface area contributed by atoms with Crippen LogP contribution in [0.2, 0.25) is 5.02 Å². The Morgan fingerprint density at radius 2 is 2.11 bits per heavy atom. The van der Waals surface area contributed by atoms with Crippen LogP contribution >= 0.6 is 35.6 Å². The lowest BCUT2D eigenvalue weighted by Crippen LogP contribution is -2.42. The number of nitrogens with zero attached hydrogens (tertiary/aromatic N) is 3. The third kappa shape index (κ3) is 5.81. The maximum Gasteiger partial charge on any atom is 0.228 e. The highest BCUT2D eigenvalue weighted by molar-refractivity contribution is 14.0. The van der Waals surface area contributed by atoms with E-state index in [1.807, 2.05) is 26.0 Å². The van der Waals surface area contributed by atoms with E-state index >= 15 is 0 Å². The molecule has 1 aromatic carbocycles. The summed E-state index contributed by atoms with van der Waals surface area (Å²) in [4.78, 5) is 8.68. The van der Waals surface area contributed by atoms with Gasteiger partial charge < -0.3 is 15.2 Å². The van der Waals surface area contributed by atoms with Crippen LogP contribution in [0.25, 0.3) is 0 Å². The third-order valence-electron chi connectivity index (χ3n) is 4.74. The summed E-state index contributed by atoms with van der Waals surface area (Å²) in [6.07, 6.45) is 2.99. The van der Waals surface area contributed by atoms with Crippen LogP contribution in [0.5, 0.6) is 0 Å². The first-order chi connectivity index (χ1) is 12.5. The number of nitrogens with one attached hydrogen (secondary N) is 2. The maximum absolute atomic E-state index is 6.14. The number of aromatic nitrogens is 2. The predicted molar refractivity (Wildman–Crippen MR) is 119 cm³/mol. The van der Waals surface area contributed by atoms with Crippen LogP contribution in [-0.4, -0.2) is 36.2 Å². The molecule has 0 unspecified atom stereocenters. The van der Waals surface area contributed by atoms with Gasteiger partial charge >= 0.3 is 0 Å². The van der Waals surface area contributed by atoms with Gasteiger partial charge in [-0.2, -0.15) is 4.98 Å². The average Bonchev–Trinajstić information content (AvgIpc) is 3.27. The molecule has 8 heteroatoms. The van der Waals surface area contributed by atoms with Crippen LogP contribution in [0.15, 0.2) is 33.8 Å². The highest BCUT2D eigenvalue weighted by atomic mass is 127. The molecule has 1 fully saturated rings. The number of aliphatic imine (C=N–C) groups is 1. The number of hydrogen-bond donors (Lipinski definition) is 2. The van der Waals surface area contributed by atoms with E-state index < -0.39 is 0 Å². The average molecular weight is 504 g/mol. The van der Waals surface area contributed by atoms with Gasteiger partial charge in [0.2, 0.25) is 5.89 Å². The Bertz CT molecular complexity index is 773. The summed E-state index contributed by atoms with van der Waals surface area (Å²) in [7, 11) is 1.78. The number of halogens is 2. The van der Waals surface area contributed by atoms with Crippen molar-refractivity contribution in [1.29, 1.82) is 0 Å². The molecular formula is C19H27ClIN5O. The second-order valence-corrected chi connectivity index (χ2v) is 7.53. The van der Waals surface area contributed by atoms with Gasteiger partial charge in [0, 0.05) is 42.9 Å². The van der Waals surface area contributed by atoms with Crippen LogP contribution in [-0.2, 0) is 11.8 Å². The normalized spacial score (nSPS) is 15.4. The first-order valence-corrected chi connectivity index (χ1v) is 9.43. The molecule has 0 amide bonds. The van der Waals surface area contributed by atoms with E-state index in [1.165, 1.54) is 5.56 Å². The van der Waals surface area contributed by atoms with Crippen molar-refractivity contribution in [2.45, 2.75) is 44.4 Å². The Labute approximate surface area is 182 Å². The lowest BCUT2D eigenvalue weighted by molar-refractivity contribution is 0.371. The van der Waals surface area contributed by atoms with E-state index in [-0.39, 0.29) is 35.3 Å². The summed E-state index contributed by atoms with van der Waals surface area (Å²) in [5.74, 6) is 2.45. The zero-order valence-electron chi connectivity index (χ0n) is 16.0. The van der Waals surface area contributed by atoms with E-state index in [4.69, 9.17) is 16.1 Å². The second kappa shape index (κ2) is 9.73. The minimum atomic E-state index is 0. The van der Waals surface area contributed by atoms with Gasteiger partial charge in [-0.25, -0.2) is 0 Å². The topological polar surface area (TPSA) is 75.3 Å². The molecule has 1 aromatic heterocycles. The van der Waals surface area contributed by atoms with Crippen LogP contribution in [0, 0.1) is 0 Å². The zero-order chi connectivity index (χ0) is 18.6. The largest absolute Gasteiger partial charge is 0.356 e. The van der Waals surface area contributed by atoms with Gasteiger partial charge in [0.15, 0.2) is 11.8 Å². The predicted octanol–water partition coefficient (Wildman–Crippen LogP) is 3.90. The molecule has 27 heavy (non-hydrogen) atoms. The van der Waals surface area contributed by atoms with E-state index in [0.29, 0.717) is 18.9 Å². The highest BCUT2D eigenvalue weighted by Gasteiger charge is 2.44. The minimum absolute atomic E-state index is 0. The molecule has 148 valence electrons. The molecule has 6 nitrogen and oxygen atoms in total. The van der Waals surface area contributed by atoms with Gasteiger partial charge in [-0.1, -0.05) is 42.7 Å². The smallest absolute Gasteiger partial charge is 0.228 e. The first-order valence-electron chi connectivity index (χ1n) is 9.05. The fourth-order valence-electron chi connectivity index (χ4n) is 2.90. The monoisotopic (exact) mass is 503 g/mol. The van der Waals surface area contributed by atoms with Crippen molar-refractivity contribution in [2.75, 3.05) is 20.1 Å². The Morgan fingerprint density at radius 1 is 1.33 bits per heavy atom. The van der Waals surface area contributed by atoms with E-state index in [9.17, 15) is 0 Å². The van der Waals surface area contributed by atoms with E-state index in [1.54, 1.807) is 7.05 Å². The third-order valence-corrected chi connectivity index (χ3v) is 4.97. The SMILES string of the molecule is CN=C(NCCc1nc(C(C)C)no1)NCC1(c2cccc(Cl)c2)CC1.I. The molecule has 1 heterocycles. The minimum Gasteiger partial charge on any atom is -0.356 e. The van der Waals surface area contributed by atoms with Crippen molar-refractivity contribution in [1.82, 2.24) is 20.8 Å². The van der Waals surface area contributed by atoms with Crippen LogP contribution in [0.1, 0.15) is 49.9 Å². The van der Waals surface area contributed by atoms with Crippen molar-refractivity contribution in [3.8, 4) is 0 Å². The molecule has 0 radical (unpaired) electrons. The maximum atomic E-state index is 6.14. The second-order valence-electron chi connectivity index (χ2n) is 7.09. The van der Waals surface area contributed by atoms with E-state index in [2.05, 4.69) is 37.9 Å². The Balaban J connectivity index is 0.00000261. The summed E-state index contributed by atoms with van der Waals surface area (Å²) in [6, 6.07) is 8.14. The van der Waals surface area contributed by atoms with Gasteiger partial charge in [-0.05, 0) is 30.5 Å². The number of hydrogen-bond acceptors (Lipinski definition) is 4. The standard InChI is InChI=1S/C19H26ClN5O.HI/c1-13(2)17-24-16(26-25-17)7-10-22-18(21-3)23-12-19(8-9-19)14-5-4-6-15(20)11-14;/h4-6,11,13H,7-10,12H2,1-3H3,(H2,21,22,23);1H. The van der Waals surface area contributed by atoms with E-state index in [0.717, 1.165) is 36.2 Å². The summed E-state index contributed by atoms with van der Waals surface area (Å²) >= 11 is 6.14. The number of guanidine groups is 1. The highest BCUT2D eigenvalue weighted by Crippen LogP contribution is 2.48. The van der Waals surface area contributed by atoms with Crippen molar-refractivity contribution < 1.29 is 4.52 Å². The molecule has 1 aliphatic rings. The number of rotatable bonds is 7. The van der Waals surface area contributed by atoms with Crippen molar-refractivity contribution >= 4 is 41.5 Å². The lowest BCUT2D eigenvalue weighted by atomic mass is 9.96.